The third-order valence-corrected chi connectivity index (χ3v) is 5.96. The molecule has 6 nitrogen and oxygen atoms in total. The Morgan fingerprint density at radius 2 is 1.96 bits per heavy atom. The summed E-state index contributed by atoms with van der Waals surface area (Å²) in [6.07, 6.45) is 7.27. The van der Waals surface area contributed by atoms with Gasteiger partial charge in [0.05, 0.1) is 19.8 Å². The number of phenols is 1. The third-order valence-electron chi connectivity index (χ3n) is 5.96. The zero-order chi connectivity index (χ0) is 19.7. The number of guanidine groups is 1. The Morgan fingerprint density at radius 1 is 1.18 bits per heavy atom. The van der Waals surface area contributed by atoms with E-state index in [0.29, 0.717) is 5.75 Å². The van der Waals surface area contributed by atoms with Crippen molar-refractivity contribution in [3.63, 3.8) is 0 Å². The summed E-state index contributed by atoms with van der Waals surface area (Å²) < 4.78 is 5.58. The fraction of sp³-hybridized carbons (Fsp3) is 0.682. The van der Waals surface area contributed by atoms with Crippen LogP contribution in [-0.2, 0) is 11.2 Å². The van der Waals surface area contributed by atoms with Gasteiger partial charge in [-0.2, -0.15) is 0 Å². The molecule has 6 heteroatoms. The molecule has 3 rings (SSSR count). The summed E-state index contributed by atoms with van der Waals surface area (Å²) in [6, 6.07) is 7.46. The van der Waals surface area contributed by atoms with E-state index in [1.165, 1.54) is 32.1 Å². The summed E-state index contributed by atoms with van der Waals surface area (Å²) in [5, 5.41) is 16.5. The van der Waals surface area contributed by atoms with Crippen molar-refractivity contribution in [2.24, 2.45) is 4.99 Å². The molecule has 1 aromatic rings. The van der Waals surface area contributed by atoms with E-state index in [1.54, 1.807) is 6.07 Å². The maximum absolute atomic E-state index is 9.62. The molecule has 0 unspecified atom stereocenters. The number of hydrogen-bond donors (Lipinski definition) is 3. The van der Waals surface area contributed by atoms with E-state index in [4.69, 9.17) is 9.73 Å². The van der Waals surface area contributed by atoms with Crippen LogP contribution >= 0.6 is 0 Å². The first-order valence-electron chi connectivity index (χ1n) is 10.8. The second-order valence-electron chi connectivity index (χ2n) is 7.93. The van der Waals surface area contributed by atoms with Crippen LogP contribution in [0, 0.1) is 0 Å². The lowest BCUT2D eigenvalue weighted by Gasteiger charge is -2.47. The summed E-state index contributed by atoms with van der Waals surface area (Å²) in [6.45, 7) is 8.32. The average molecular weight is 389 g/mol. The summed E-state index contributed by atoms with van der Waals surface area (Å²) in [5.41, 5.74) is 1.32. The Morgan fingerprint density at radius 3 is 2.68 bits per heavy atom. The van der Waals surface area contributed by atoms with Crippen LogP contribution in [0.3, 0.4) is 0 Å². The molecular weight excluding hydrogens is 352 g/mol. The van der Waals surface area contributed by atoms with Crippen LogP contribution < -0.4 is 10.6 Å². The van der Waals surface area contributed by atoms with Crippen molar-refractivity contribution in [2.75, 3.05) is 45.9 Å². The lowest BCUT2D eigenvalue weighted by atomic mass is 9.80. The van der Waals surface area contributed by atoms with Crippen LogP contribution in [0.25, 0.3) is 0 Å². The monoisotopic (exact) mass is 388 g/mol. The van der Waals surface area contributed by atoms with Crippen LogP contribution in [0.1, 0.15) is 44.6 Å². The van der Waals surface area contributed by atoms with Crippen LogP contribution in [0.5, 0.6) is 5.75 Å². The molecule has 0 spiro atoms. The number of ether oxygens (including phenoxy) is 1. The largest absolute Gasteiger partial charge is 0.508 e. The van der Waals surface area contributed by atoms with Crippen molar-refractivity contribution in [3.8, 4) is 5.75 Å². The summed E-state index contributed by atoms with van der Waals surface area (Å²) in [7, 11) is 0. The quantitative estimate of drug-likeness (QED) is 0.495. The molecule has 2 aliphatic rings. The van der Waals surface area contributed by atoms with Crippen molar-refractivity contribution in [1.29, 1.82) is 0 Å². The van der Waals surface area contributed by atoms with E-state index in [2.05, 4.69) is 22.5 Å². The first-order valence-corrected chi connectivity index (χ1v) is 10.8. The zero-order valence-corrected chi connectivity index (χ0v) is 17.3. The molecule has 1 aromatic carbocycles. The smallest absolute Gasteiger partial charge is 0.191 e. The van der Waals surface area contributed by atoms with Gasteiger partial charge in [0.15, 0.2) is 5.96 Å². The highest BCUT2D eigenvalue weighted by molar-refractivity contribution is 5.79. The summed E-state index contributed by atoms with van der Waals surface area (Å²) in [5.74, 6) is 1.21. The van der Waals surface area contributed by atoms with Crippen molar-refractivity contribution < 1.29 is 9.84 Å². The topological polar surface area (TPSA) is 69.1 Å². The second kappa shape index (κ2) is 10.7. The Labute approximate surface area is 169 Å². The first-order chi connectivity index (χ1) is 13.7. The Kier molecular flexibility index (Phi) is 7.98. The molecule has 0 bridgehead atoms. The first kappa shape index (κ1) is 20.9. The molecule has 1 saturated heterocycles. The van der Waals surface area contributed by atoms with E-state index in [1.807, 2.05) is 18.2 Å². The molecular formula is C22H36N4O2. The predicted molar refractivity (Wildman–Crippen MR) is 114 cm³/mol. The standard InChI is InChI=1S/C22H36N4O2/c1-2-23-21(24-12-9-19-7-6-8-20(27)17-19)25-18-22(10-4-3-5-11-22)26-13-15-28-16-14-26/h6-8,17,27H,2-5,9-16,18H2,1H3,(H2,23,24,25). The Hall–Kier alpha value is -1.79. The highest BCUT2D eigenvalue weighted by Crippen LogP contribution is 2.34. The van der Waals surface area contributed by atoms with Crippen molar-refractivity contribution >= 4 is 5.96 Å². The summed E-state index contributed by atoms with van der Waals surface area (Å²) in [4.78, 5) is 7.63. The zero-order valence-electron chi connectivity index (χ0n) is 17.3. The molecule has 1 saturated carbocycles. The van der Waals surface area contributed by atoms with E-state index in [0.717, 1.165) is 63.9 Å². The number of hydrogen-bond acceptors (Lipinski definition) is 4. The van der Waals surface area contributed by atoms with E-state index >= 15 is 0 Å². The minimum Gasteiger partial charge on any atom is -0.508 e. The van der Waals surface area contributed by atoms with Crippen LogP contribution in [-0.4, -0.2) is 67.4 Å². The van der Waals surface area contributed by atoms with Gasteiger partial charge in [-0.1, -0.05) is 31.4 Å². The highest BCUT2D eigenvalue weighted by Gasteiger charge is 2.38. The lowest BCUT2D eigenvalue weighted by Crippen LogP contribution is -2.56. The van der Waals surface area contributed by atoms with Gasteiger partial charge in [0, 0.05) is 31.7 Å². The molecule has 156 valence electrons. The van der Waals surface area contributed by atoms with Crippen LogP contribution in [0.4, 0.5) is 0 Å². The fourth-order valence-electron chi connectivity index (χ4n) is 4.43. The molecule has 0 aromatic heterocycles. The normalized spacial score (nSPS) is 20.7. The van der Waals surface area contributed by atoms with E-state index in [9.17, 15) is 5.11 Å². The maximum Gasteiger partial charge on any atom is 0.191 e. The van der Waals surface area contributed by atoms with Gasteiger partial charge in [-0.15, -0.1) is 0 Å². The molecule has 1 aliphatic heterocycles. The number of morpholine rings is 1. The van der Waals surface area contributed by atoms with Crippen LogP contribution in [0.2, 0.25) is 0 Å². The predicted octanol–water partition coefficient (Wildman–Crippen LogP) is 2.52. The van der Waals surface area contributed by atoms with Crippen molar-refractivity contribution in [1.82, 2.24) is 15.5 Å². The SMILES string of the molecule is CCNC(=NCC1(N2CCOCC2)CCCCC1)NCCc1cccc(O)c1. The van der Waals surface area contributed by atoms with Gasteiger partial charge in [-0.3, -0.25) is 9.89 Å². The fourth-order valence-corrected chi connectivity index (χ4v) is 4.43. The van der Waals surface area contributed by atoms with Crippen LogP contribution in [0.15, 0.2) is 29.3 Å². The molecule has 0 atom stereocenters. The number of benzene rings is 1. The number of rotatable bonds is 7. The molecule has 3 N–H and O–H groups in total. The number of phenolic OH excluding ortho intramolecular Hbond substituents is 1. The third kappa shape index (κ3) is 5.85. The number of aromatic hydroxyl groups is 1. The van der Waals surface area contributed by atoms with Gasteiger partial charge in [-0.25, -0.2) is 0 Å². The maximum atomic E-state index is 9.62. The molecule has 2 fully saturated rings. The minimum absolute atomic E-state index is 0.190. The molecule has 28 heavy (non-hydrogen) atoms. The number of nitrogens with zero attached hydrogens (tertiary/aromatic N) is 2. The van der Waals surface area contributed by atoms with E-state index < -0.39 is 0 Å². The second-order valence-corrected chi connectivity index (χ2v) is 7.93. The highest BCUT2D eigenvalue weighted by atomic mass is 16.5. The Bertz CT molecular complexity index is 623. The Balaban J connectivity index is 1.60. The lowest BCUT2D eigenvalue weighted by molar-refractivity contribution is -0.0333. The van der Waals surface area contributed by atoms with E-state index in [-0.39, 0.29) is 5.54 Å². The van der Waals surface area contributed by atoms with Gasteiger partial charge in [0.2, 0.25) is 0 Å². The van der Waals surface area contributed by atoms with Gasteiger partial charge in [0.1, 0.15) is 5.75 Å². The summed E-state index contributed by atoms with van der Waals surface area (Å²) >= 11 is 0. The number of aliphatic imine (C=N–C) groups is 1. The average Bonchev–Trinajstić information content (AvgIpc) is 2.73. The van der Waals surface area contributed by atoms with Gasteiger partial charge < -0.3 is 20.5 Å². The molecule has 0 radical (unpaired) electrons. The van der Waals surface area contributed by atoms with Crippen molar-refractivity contribution in [2.45, 2.75) is 51.0 Å². The molecule has 0 amide bonds. The van der Waals surface area contributed by atoms with Crippen molar-refractivity contribution in [3.05, 3.63) is 29.8 Å². The number of nitrogens with one attached hydrogen (secondary N) is 2. The minimum atomic E-state index is 0.190. The van der Waals surface area contributed by atoms with Gasteiger partial charge in [-0.05, 0) is 43.9 Å². The molecule has 1 heterocycles. The van der Waals surface area contributed by atoms with Gasteiger partial charge >= 0.3 is 0 Å². The molecule has 1 aliphatic carbocycles. The van der Waals surface area contributed by atoms with Gasteiger partial charge in [0.25, 0.3) is 0 Å².